The zero-order chi connectivity index (χ0) is 10.6. The quantitative estimate of drug-likeness (QED) is 0.719. The van der Waals surface area contributed by atoms with E-state index >= 15 is 0 Å². The number of nitrogens with two attached hydrogens (primary N) is 1. The molecule has 0 aliphatic carbocycles. The Morgan fingerprint density at radius 3 is 2.71 bits per heavy atom. The highest BCUT2D eigenvalue weighted by molar-refractivity contribution is 7.90. The van der Waals surface area contributed by atoms with Gasteiger partial charge in [0.1, 0.15) is 9.84 Å². The van der Waals surface area contributed by atoms with E-state index in [4.69, 9.17) is 5.73 Å². The van der Waals surface area contributed by atoms with Crippen molar-refractivity contribution in [2.75, 3.05) is 17.7 Å². The van der Waals surface area contributed by atoms with E-state index in [1.54, 1.807) is 12.4 Å². The number of hydrogen-bond donors (Lipinski definition) is 1. The zero-order valence-corrected chi connectivity index (χ0v) is 9.00. The molecular weight excluding hydrogens is 202 g/mol. The Morgan fingerprint density at radius 2 is 2.21 bits per heavy atom. The van der Waals surface area contributed by atoms with Crippen molar-refractivity contribution in [1.29, 1.82) is 0 Å². The lowest BCUT2D eigenvalue weighted by molar-refractivity contribution is 0.589. The Kier molecular flexibility index (Phi) is 3.51. The molecule has 0 radical (unpaired) electrons. The fraction of sp³-hybridized carbons (Fsp3) is 0.625. The fourth-order valence-corrected chi connectivity index (χ4v) is 1.90. The number of rotatable bonds is 5. The van der Waals surface area contributed by atoms with Crippen molar-refractivity contribution in [1.82, 2.24) is 9.55 Å². The molecule has 1 aromatic rings. The third kappa shape index (κ3) is 3.78. The van der Waals surface area contributed by atoms with Crippen LogP contribution in [0.3, 0.4) is 0 Å². The molecule has 2 N–H and O–H groups in total. The SMILES string of the molecule is CS(=O)(=O)CCCCn1ccnc1N. The van der Waals surface area contributed by atoms with E-state index in [9.17, 15) is 8.42 Å². The molecule has 0 atom stereocenters. The van der Waals surface area contributed by atoms with Crippen molar-refractivity contribution in [3.05, 3.63) is 12.4 Å². The van der Waals surface area contributed by atoms with Gasteiger partial charge in [0.15, 0.2) is 5.95 Å². The normalized spacial score (nSPS) is 11.8. The van der Waals surface area contributed by atoms with Gasteiger partial charge >= 0.3 is 0 Å². The summed E-state index contributed by atoms with van der Waals surface area (Å²) in [6, 6.07) is 0. The first-order valence-electron chi connectivity index (χ1n) is 4.43. The van der Waals surface area contributed by atoms with E-state index in [2.05, 4.69) is 4.98 Å². The molecule has 80 valence electrons. The van der Waals surface area contributed by atoms with Crippen LogP contribution in [-0.4, -0.2) is 30.0 Å². The van der Waals surface area contributed by atoms with Gasteiger partial charge < -0.3 is 10.3 Å². The summed E-state index contributed by atoms with van der Waals surface area (Å²) in [7, 11) is -2.83. The Labute approximate surface area is 83.9 Å². The molecule has 6 heteroatoms. The molecule has 0 fully saturated rings. The maximum absolute atomic E-state index is 10.8. The maximum Gasteiger partial charge on any atom is 0.200 e. The number of aromatic nitrogens is 2. The van der Waals surface area contributed by atoms with Gasteiger partial charge in [-0.2, -0.15) is 0 Å². The average Bonchev–Trinajstić information content (AvgIpc) is 2.44. The first-order chi connectivity index (χ1) is 6.49. The topological polar surface area (TPSA) is 78.0 Å². The standard InChI is InChI=1S/C8H15N3O2S/c1-14(12,13)7-3-2-5-11-6-4-10-8(11)9/h4,6H,2-3,5,7H2,1H3,(H2,9,10). The predicted molar refractivity (Wildman–Crippen MR) is 55.6 cm³/mol. The summed E-state index contributed by atoms with van der Waals surface area (Å²) in [6.07, 6.45) is 6.13. The summed E-state index contributed by atoms with van der Waals surface area (Å²) in [5, 5.41) is 0. The van der Waals surface area contributed by atoms with Crippen molar-refractivity contribution < 1.29 is 8.42 Å². The van der Waals surface area contributed by atoms with Crippen molar-refractivity contribution >= 4 is 15.8 Å². The van der Waals surface area contributed by atoms with Crippen LogP contribution in [0.5, 0.6) is 0 Å². The summed E-state index contributed by atoms with van der Waals surface area (Å²) < 4.78 is 23.4. The van der Waals surface area contributed by atoms with Crippen LogP contribution >= 0.6 is 0 Å². The molecule has 5 nitrogen and oxygen atoms in total. The van der Waals surface area contributed by atoms with Crippen molar-refractivity contribution in [2.45, 2.75) is 19.4 Å². The smallest absolute Gasteiger partial charge is 0.200 e. The third-order valence-corrected chi connectivity index (χ3v) is 2.94. The van der Waals surface area contributed by atoms with Crippen molar-refractivity contribution in [3.63, 3.8) is 0 Å². The van der Waals surface area contributed by atoms with E-state index in [0.717, 1.165) is 13.0 Å². The number of aryl methyl sites for hydroxylation is 1. The molecule has 0 bridgehead atoms. The number of anilines is 1. The molecule has 0 aromatic carbocycles. The Bertz CT molecular complexity index is 383. The molecule has 0 aliphatic rings. The van der Waals surface area contributed by atoms with E-state index in [-0.39, 0.29) is 5.75 Å². The number of imidazole rings is 1. The van der Waals surface area contributed by atoms with E-state index in [1.165, 1.54) is 6.26 Å². The molecule has 0 saturated carbocycles. The van der Waals surface area contributed by atoms with Gasteiger partial charge in [0.2, 0.25) is 0 Å². The second kappa shape index (κ2) is 4.45. The van der Waals surface area contributed by atoms with Crippen LogP contribution in [0.2, 0.25) is 0 Å². The molecule has 0 amide bonds. The van der Waals surface area contributed by atoms with Crippen LogP contribution in [-0.2, 0) is 16.4 Å². The van der Waals surface area contributed by atoms with Gasteiger partial charge in [-0.05, 0) is 12.8 Å². The molecule has 1 aromatic heterocycles. The number of nitrogens with zero attached hydrogens (tertiary/aromatic N) is 2. The van der Waals surface area contributed by atoms with Crippen LogP contribution in [0.15, 0.2) is 12.4 Å². The summed E-state index contributed by atoms with van der Waals surface area (Å²) in [6.45, 7) is 0.724. The maximum atomic E-state index is 10.8. The average molecular weight is 217 g/mol. The highest BCUT2D eigenvalue weighted by Crippen LogP contribution is 2.02. The van der Waals surface area contributed by atoms with Crippen LogP contribution in [0.25, 0.3) is 0 Å². The molecule has 1 heterocycles. The lowest BCUT2D eigenvalue weighted by atomic mass is 10.3. The van der Waals surface area contributed by atoms with E-state index in [0.29, 0.717) is 12.4 Å². The second-order valence-corrected chi connectivity index (χ2v) is 5.58. The van der Waals surface area contributed by atoms with Crippen LogP contribution in [0.1, 0.15) is 12.8 Å². The Morgan fingerprint density at radius 1 is 1.50 bits per heavy atom. The minimum atomic E-state index is -2.83. The minimum absolute atomic E-state index is 0.238. The molecule has 14 heavy (non-hydrogen) atoms. The van der Waals surface area contributed by atoms with Crippen LogP contribution in [0, 0.1) is 0 Å². The third-order valence-electron chi connectivity index (χ3n) is 1.91. The Hall–Kier alpha value is -1.04. The van der Waals surface area contributed by atoms with Gasteiger partial charge in [0.25, 0.3) is 0 Å². The highest BCUT2D eigenvalue weighted by Gasteiger charge is 2.02. The molecule has 0 saturated heterocycles. The summed E-state index contributed by atoms with van der Waals surface area (Å²) in [4.78, 5) is 3.87. The van der Waals surface area contributed by atoms with Crippen molar-refractivity contribution in [2.24, 2.45) is 0 Å². The molecular formula is C8H15N3O2S. The largest absolute Gasteiger partial charge is 0.369 e. The van der Waals surface area contributed by atoms with Crippen LogP contribution < -0.4 is 5.73 Å². The highest BCUT2D eigenvalue weighted by atomic mass is 32.2. The fourth-order valence-electron chi connectivity index (χ4n) is 1.18. The van der Waals surface area contributed by atoms with Gasteiger partial charge in [-0.3, -0.25) is 0 Å². The van der Waals surface area contributed by atoms with Gasteiger partial charge in [0.05, 0.1) is 0 Å². The van der Waals surface area contributed by atoms with Gasteiger partial charge in [-0.1, -0.05) is 0 Å². The lowest BCUT2D eigenvalue weighted by Gasteiger charge is -2.03. The summed E-state index contributed by atoms with van der Waals surface area (Å²) >= 11 is 0. The van der Waals surface area contributed by atoms with Gasteiger partial charge in [-0.15, -0.1) is 0 Å². The van der Waals surface area contributed by atoms with Crippen LogP contribution in [0.4, 0.5) is 5.95 Å². The summed E-state index contributed by atoms with van der Waals surface area (Å²) in [5.41, 5.74) is 5.54. The Balaban J connectivity index is 2.26. The number of hydrogen-bond acceptors (Lipinski definition) is 4. The van der Waals surface area contributed by atoms with Gasteiger partial charge in [-0.25, -0.2) is 13.4 Å². The first kappa shape index (κ1) is 11.0. The molecule has 0 unspecified atom stereocenters. The monoisotopic (exact) mass is 217 g/mol. The molecule has 0 spiro atoms. The minimum Gasteiger partial charge on any atom is -0.369 e. The van der Waals surface area contributed by atoms with Crippen molar-refractivity contribution in [3.8, 4) is 0 Å². The molecule has 0 aliphatic heterocycles. The number of nitrogen functional groups attached to an aromatic ring is 1. The van der Waals surface area contributed by atoms with E-state index in [1.807, 2.05) is 4.57 Å². The van der Waals surface area contributed by atoms with E-state index < -0.39 is 9.84 Å². The second-order valence-electron chi connectivity index (χ2n) is 3.32. The number of unbranched alkanes of at least 4 members (excludes halogenated alkanes) is 1. The predicted octanol–water partition coefficient (Wildman–Crippen LogP) is 0.290. The zero-order valence-electron chi connectivity index (χ0n) is 8.18. The summed E-state index contributed by atoms with van der Waals surface area (Å²) in [5.74, 6) is 0.714. The van der Waals surface area contributed by atoms with Gasteiger partial charge in [0, 0.05) is 30.9 Å². The lowest BCUT2D eigenvalue weighted by Crippen LogP contribution is -2.06. The molecule has 1 rings (SSSR count). The number of sulfone groups is 1. The first-order valence-corrected chi connectivity index (χ1v) is 6.49.